The predicted octanol–water partition coefficient (Wildman–Crippen LogP) is 3.74. The van der Waals surface area contributed by atoms with Gasteiger partial charge in [-0.1, -0.05) is 0 Å². The zero-order chi connectivity index (χ0) is 21.0. The second-order valence-electron chi connectivity index (χ2n) is 7.02. The average molecular weight is 390 g/mol. The Balaban J connectivity index is 2.03. The van der Waals surface area contributed by atoms with Crippen molar-refractivity contribution in [2.75, 3.05) is 0 Å². The molecule has 7 heteroatoms. The van der Waals surface area contributed by atoms with Crippen LogP contribution in [0.25, 0.3) is 21.8 Å². The van der Waals surface area contributed by atoms with Crippen molar-refractivity contribution in [2.24, 2.45) is 7.05 Å². The van der Waals surface area contributed by atoms with E-state index in [9.17, 15) is 24.6 Å². The molecule has 29 heavy (non-hydrogen) atoms. The number of hydrogen-bond donors (Lipinski definition) is 2. The fourth-order valence-corrected chi connectivity index (χ4v) is 3.87. The van der Waals surface area contributed by atoms with Crippen LogP contribution in [0, 0.1) is 6.92 Å². The van der Waals surface area contributed by atoms with Gasteiger partial charge in [0.25, 0.3) is 0 Å². The molecule has 4 rings (SSSR count). The molecule has 146 valence electrons. The number of hydrogen-bond acceptors (Lipinski definition) is 4. The molecule has 0 aliphatic heterocycles. The number of rotatable bonds is 3. The first-order valence-electron chi connectivity index (χ1n) is 8.93. The number of benzene rings is 2. The maximum Gasteiger partial charge on any atom is 0.335 e. The van der Waals surface area contributed by atoms with Crippen LogP contribution in [0.2, 0.25) is 0 Å². The molecule has 0 fully saturated rings. The summed E-state index contributed by atoms with van der Waals surface area (Å²) in [6.07, 6.45) is 1.88. The van der Waals surface area contributed by atoms with Gasteiger partial charge < -0.3 is 14.8 Å². The third-order valence-corrected chi connectivity index (χ3v) is 5.29. The van der Waals surface area contributed by atoms with Gasteiger partial charge in [0, 0.05) is 42.0 Å². The van der Waals surface area contributed by atoms with Gasteiger partial charge in [-0.2, -0.15) is 0 Å². The van der Waals surface area contributed by atoms with Gasteiger partial charge in [0.15, 0.2) is 5.78 Å². The molecular formula is C22H18N2O5. The van der Waals surface area contributed by atoms with Crippen molar-refractivity contribution in [1.29, 1.82) is 0 Å². The van der Waals surface area contributed by atoms with Crippen LogP contribution < -0.4 is 0 Å². The lowest BCUT2D eigenvalue weighted by molar-refractivity contribution is 0.0695. The Morgan fingerprint density at radius 3 is 2.34 bits per heavy atom. The van der Waals surface area contributed by atoms with E-state index in [4.69, 9.17) is 0 Å². The molecule has 0 radical (unpaired) electrons. The third kappa shape index (κ3) is 2.62. The minimum atomic E-state index is -1.15. The fourth-order valence-electron chi connectivity index (χ4n) is 3.87. The second kappa shape index (κ2) is 6.34. The second-order valence-corrected chi connectivity index (χ2v) is 7.02. The number of ketones is 1. The quantitative estimate of drug-likeness (QED) is 0.519. The first-order valence-corrected chi connectivity index (χ1v) is 8.93. The number of carbonyl (C=O) groups is 3. The smallest absolute Gasteiger partial charge is 0.335 e. The lowest BCUT2D eigenvalue weighted by Gasteiger charge is -2.06. The summed E-state index contributed by atoms with van der Waals surface area (Å²) in [6, 6.07) is 9.84. The summed E-state index contributed by atoms with van der Waals surface area (Å²) in [5, 5.41) is 21.3. The van der Waals surface area contributed by atoms with Gasteiger partial charge in [-0.15, -0.1) is 0 Å². The molecule has 2 N–H and O–H groups in total. The molecule has 7 nitrogen and oxygen atoms in total. The van der Waals surface area contributed by atoms with E-state index in [-0.39, 0.29) is 16.5 Å². The zero-order valence-corrected chi connectivity index (χ0v) is 16.1. The molecule has 2 aromatic carbocycles. The highest BCUT2D eigenvalue weighted by Gasteiger charge is 2.28. The van der Waals surface area contributed by atoms with Gasteiger partial charge in [-0.3, -0.25) is 14.2 Å². The third-order valence-electron chi connectivity index (χ3n) is 5.29. The summed E-state index contributed by atoms with van der Waals surface area (Å²) in [5.41, 5.74) is 1.82. The predicted molar refractivity (Wildman–Crippen MR) is 108 cm³/mol. The Bertz CT molecular complexity index is 1360. The Kier molecular flexibility index (Phi) is 4.04. The number of nitrogens with zero attached hydrogens (tertiary/aromatic N) is 2. The summed E-state index contributed by atoms with van der Waals surface area (Å²) in [6.45, 7) is 2.83. The standard InChI is InChI=1S/C22H18N2O5/c1-11-15(22(28)29)5-7-17-18(11)19(21(27)24(17)12(2)25)20(26)14-4-6-16-13(10-14)8-9-23(16)3/h4-10,27H,1-3H3,(H,28,29). The minimum Gasteiger partial charge on any atom is -0.494 e. The largest absolute Gasteiger partial charge is 0.494 e. The highest BCUT2D eigenvalue weighted by atomic mass is 16.4. The zero-order valence-electron chi connectivity index (χ0n) is 16.1. The molecule has 2 heterocycles. The van der Waals surface area contributed by atoms with Gasteiger partial charge in [-0.25, -0.2) is 4.79 Å². The Hall–Kier alpha value is -3.87. The first kappa shape index (κ1) is 18.5. The normalized spacial score (nSPS) is 11.3. The van der Waals surface area contributed by atoms with E-state index in [1.807, 2.05) is 23.9 Å². The maximum atomic E-state index is 13.4. The lowest BCUT2D eigenvalue weighted by atomic mass is 9.96. The van der Waals surface area contributed by atoms with Crippen LogP contribution in [0.5, 0.6) is 5.88 Å². The number of aromatic hydroxyl groups is 1. The number of carbonyl (C=O) groups excluding carboxylic acids is 2. The van der Waals surface area contributed by atoms with Gasteiger partial charge in [0.05, 0.1) is 16.6 Å². The number of fused-ring (bicyclic) bond motifs is 2. The summed E-state index contributed by atoms with van der Waals surface area (Å²) in [5.74, 6) is -2.60. The summed E-state index contributed by atoms with van der Waals surface area (Å²) < 4.78 is 2.95. The number of aromatic nitrogens is 2. The fraction of sp³-hybridized carbons (Fsp3) is 0.136. The van der Waals surface area contributed by atoms with Crippen molar-refractivity contribution in [3.63, 3.8) is 0 Å². The highest BCUT2D eigenvalue weighted by Crippen LogP contribution is 2.36. The van der Waals surface area contributed by atoms with E-state index in [1.165, 1.54) is 19.1 Å². The molecule has 0 aliphatic rings. The molecule has 0 saturated heterocycles. The van der Waals surface area contributed by atoms with Crippen molar-refractivity contribution >= 4 is 39.5 Å². The topological polar surface area (TPSA) is 102 Å². The Morgan fingerprint density at radius 2 is 1.69 bits per heavy atom. The van der Waals surface area contributed by atoms with Crippen molar-refractivity contribution < 1.29 is 24.6 Å². The molecule has 0 aliphatic carbocycles. The minimum absolute atomic E-state index is 0.00534. The number of aryl methyl sites for hydroxylation is 2. The van der Waals surface area contributed by atoms with E-state index in [0.717, 1.165) is 15.5 Å². The van der Waals surface area contributed by atoms with Crippen molar-refractivity contribution in [1.82, 2.24) is 9.13 Å². The van der Waals surface area contributed by atoms with Crippen LogP contribution in [-0.4, -0.2) is 37.0 Å². The molecule has 0 spiro atoms. The monoisotopic (exact) mass is 390 g/mol. The Labute approximate surface area is 165 Å². The number of carboxylic acids is 1. The molecule has 0 saturated carbocycles. The van der Waals surface area contributed by atoms with Crippen LogP contribution in [0.1, 0.15) is 43.6 Å². The SMILES string of the molecule is CC(=O)n1c(O)c(C(=O)c2ccc3c(ccn3C)c2)c2c(C)c(C(=O)O)ccc21. The summed E-state index contributed by atoms with van der Waals surface area (Å²) in [7, 11) is 1.90. The van der Waals surface area contributed by atoms with Crippen molar-refractivity contribution in [3.05, 3.63) is 64.8 Å². The van der Waals surface area contributed by atoms with E-state index in [1.54, 1.807) is 25.1 Å². The number of aromatic carboxylic acids is 1. The van der Waals surface area contributed by atoms with Crippen LogP contribution in [0.4, 0.5) is 0 Å². The van der Waals surface area contributed by atoms with Gasteiger partial charge in [-0.05, 0) is 48.9 Å². The first-order chi connectivity index (χ1) is 13.7. The molecule has 0 amide bonds. The molecule has 0 unspecified atom stereocenters. The molecular weight excluding hydrogens is 372 g/mol. The maximum absolute atomic E-state index is 13.4. The lowest BCUT2D eigenvalue weighted by Crippen LogP contribution is -2.06. The van der Waals surface area contributed by atoms with Gasteiger partial charge in [0.1, 0.15) is 0 Å². The summed E-state index contributed by atoms with van der Waals surface area (Å²) >= 11 is 0. The van der Waals surface area contributed by atoms with E-state index in [2.05, 4.69) is 0 Å². The average Bonchev–Trinajstić information content (AvgIpc) is 3.18. The molecule has 0 bridgehead atoms. The van der Waals surface area contributed by atoms with Crippen molar-refractivity contribution in [2.45, 2.75) is 13.8 Å². The molecule has 0 atom stereocenters. The van der Waals surface area contributed by atoms with Gasteiger partial charge >= 0.3 is 5.97 Å². The Morgan fingerprint density at radius 1 is 1.00 bits per heavy atom. The van der Waals surface area contributed by atoms with E-state index >= 15 is 0 Å². The number of carboxylic acid groups (broad SMARTS) is 1. The van der Waals surface area contributed by atoms with Crippen LogP contribution in [0.15, 0.2) is 42.6 Å². The van der Waals surface area contributed by atoms with E-state index < -0.39 is 23.5 Å². The van der Waals surface area contributed by atoms with Crippen LogP contribution >= 0.6 is 0 Å². The van der Waals surface area contributed by atoms with Crippen LogP contribution in [0.3, 0.4) is 0 Å². The van der Waals surface area contributed by atoms with Crippen LogP contribution in [-0.2, 0) is 7.05 Å². The van der Waals surface area contributed by atoms with Crippen molar-refractivity contribution in [3.8, 4) is 5.88 Å². The molecule has 4 aromatic rings. The van der Waals surface area contributed by atoms with E-state index in [0.29, 0.717) is 16.6 Å². The molecule has 2 aromatic heterocycles. The van der Waals surface area contributed by atoms with Gasteiger partial charge in [0.2, 0.25) is 11.8 Å². The summed E-state index contributed by atoms with van der Waals surface area (Å²) in [4.78, 5) is 37.1. The highest BCUT2D eigenvalue weighted by molar-refractivity contribution is 6.21.